The van der Waals surface area contributed by atoms with Crippen molar-refractivity contribution in [3.8, 4) is 11.5 Å². The molecule has 1 atom stereocenters. The molecule has 1 aromatic rings. The van der Waals surface area contributed by atoms with Crippen molar-refractivity contribution < 1.29 is 14.2 Å². The molecule has 2 N–H and O–H groups in total. The summed E-state index contributed by atoms with van der Waals surface area (Å²) in [6.45, 7) is 3.65. The van der Waals surface area contributed by atoms with E-state index in [1.54, 1.807) is 0 Å². The lowest BCUT2D eigenvalue weighted by atomic mass is 10.1. The molecule has 1 unspecified atom stereocenters. The normalized spacial score (nSPS) is 21.9. The van der Waals surface area contributed by atoms with Crippen LogP contribution in [0, 0.1) is 0 Å². The van der Waals surface area contributed by atoms with Crippen molar-refractivity contribution >= 4 is 5.69 Å². The molecule has 5 heteroatoms. The third-order valence-electron chi connectivity index (χ3n) is 3.75. The summed E-state index contributed by atoms with van der Waals surface area (Å²) in [6.07, 6.45) is 1.08. The van der Waals surface area contributed by atoms with E-state index in [-0.39, 0.29) is 0 Å². The SMILES string of the molecule is CN(Cc1cc2c(cc1N)OCCO2)C1CCOC1. The van der Waals surface area contributed by atoms with Gasteiger partial charge in [0, 0.05) is 30.9 Å². The maximum Gasteiger partial charge on any atom is 0.163 e. The molecule has 0 saturated carbocycles. The fourth-order valence-corrected chi connectivity index (χ4v) is 2.55. The first-order valence-corrected chi connectivity index (χ1v) is 6.70. The summed E-state index contributed by atoms with van der Waals surface area (Å²) in [6, 6.07) is 4.34. The van der Waals surface area contributed by atoms with Crippen LogP contribution < -0.4 is 15.2 Å². The Bertz CT molecular complexity index is 458. The molecule has 0 bridgehead atoms. The van der Waals surface area contributed by atoms with E-state index >= 15 is 0 Å². The summed E-state index contributed by atoms with van der Waals surface area (Å²) in [5, 5.41) is 0. The zero-order chi connectivity index (χ0) is 13.2. The molecule has 1 saturated heterocycles. The number of ether oxygens (including phenoxy) is 3. The predicted octanol–water partition coefficient (Wildman–Crippen LogP) is 1.26. The molecule has 5 nitrogen and oxygen atoms in total. The van der Waals surface area contributed by atoms with Gasteiger partial charge in [0.15, 0.2) is 11.5 Å². The average molecular weight is 264 g/mol. The van der Waals surface area contributed by atoms with Crippen LogP contribution in [0.4, 0.5) is 5.69 Å². The van der Waals surface area contributed by atoms with Crippen LogP contribution in [-0.4, -0.2) is 44.4 Å². The lowest BCUT2D eigenvalue weighted by Crippen LogP contribution is -2.31. The van der Waals surface area contributed by atoms with Crippen LogP contribution in [0.15, 0.2) is 12.1 Å². The van der Waals surface area contributed by atoms with Crippen molar-refractivity contribution in [2.75, 3.05) is 39.2 Å². The number of anilines is 1. The Balaban J connectivity index is 1.76. The molecule has 1 fully saturated rings. The van der Waals surface area contributed by atoms with Gasteiger partial charge >= 0.3 is 0 Å². The second-order valence-electron chi connectivity index (χ2n) is 5.13. The minimum Gasteiger partial charge on any atom is -0.486 e. The molecule has 0 aromatic heterocycles. The molecule has 2 heterocycles. The van der Waals surface area contributed by atoms with Crippen LogP contribution in [0.2, 0.25) is 0 Å². The maximum atomic E-state index is 6.10. The molecule has 0 radical (unpaired) electrons. The number of hydrogen-bond donors (Lipinski definition) is 1. The van der Waals surface area contributed by atoms with Crippen molar-refractivity contribution in [1.82, 2.24) is 4.90 Å². The fourth-order valence-electron chi connectivity index (χ4n) is 2.55. The van der Waals surface area contributed by atoms with Crippen molar-refractivity contribution in [3.05, 3.63) is 17.7 Å². The Morgan fingerprint density at radius 2 is 1.95 bits per heavy atom. The first kappa shape index (κ1) is 12.6. The van der Waals surface area contributed by atoms with Crippen LogP contribution in [0.25, 0.3) is 0 Å². The van der Waals surface area contributed by atoms with Crippen LogP contribution in [0.5, 0.6) is 11.5 Å². The Hall–Kier alpha value is -1.46. The first-order chi connectivity index (χ1) is 9.24. The average Bonchev–Trinajstić information content (AvgIpc) is 2.93. The van der Waals surface area contributed by atoms with Gasteiger partial charge in [-0.05, 0) is 25.1 Å². The quantitative estimate of drug-likeness (QED) is 0.833. The Morgan fingerprint density at radius 1 is 1.21 bits per heavy atom. The number of nitrogens with zero attached hydrogens (tertiary/aromatic N) is 1. The topological polar surface area (TPSA) is 57.0 Å². The number of nitrogens with two attached hydrogens (primary N) is 1. The third kappa shape index (κ3) is 2.62. The molecule has 0 amide bonds. The van der Waals surface area contributed by atoms with Crippen LogP contribution in [0.3, 0.4) is 0 Å². The van der Waals surface area contributed by atoms with E-state index in [0.29, 0.717) is 19.3 Å². The smallest absolute Gasteiger partial charge is 0.163 e. The minimum absolute atomic E-state index is 0.479. The van der Waals surface area contributed by atoms with Crippen molar-refractivity contribution in [1.29, 1.82) is 0 Å². The van der Waals surface area contributed by atoms with Gasteiger partial charge in [0.05, 0.1) is 6.61 Å². The van der Waals surface area contributed by atoms with E-state index in [1.807, 2.05) is 12.1 Å². The van der Waals surface area contributed by atoms with Crippen LogP contribution in [-0.2, 0) is 11.3 Å². The molecule has 104 valence electrons. The highest BCUT2D eigenvalue weighted by molar-refractivity contribution is 5.58. The highest BCUT2D eigenvalue weighted by Crippen LogP contribution is 2.35. The molecule has 0 spiro atoms. The van der Waals surface area contributed by atoms with Gasteiger partial charge in [-0.15, -0.1) is 0 Å². The Labute approximate surface area is 113 Å². The lowest BCUT2D eigenvalue weighted by molar-refractivity contribution is 0.155. The predicted molar refractivity (Wildman–Crippen MR) is 72.5 cm³/mol. The summed E-state index contributed by atoms with van der Waals surface area (Å²) in [7, 11) is 2.11. The number of likely N-dealkylation sites (N-methyl/N-ethyl adjacent to an activating group) is 1. The number of nitrogen functional groups attached to an aromatic ring is 1. The highest BCUT2D eigenvalue weighted by atomic mass is 16.6. The Morgan fingerprint density at radius 3 is 2.63 bits per heavy atom. The van der Waals surface area contributed by atoms with Crippen LogP contribution >= 0.6 is 0 Å². The second kappa shape index (κ2) is 5.27. The largest absolute Gasteiger partial charge is 0.486 e. The molecule has 19 heavy (non-hydrogen) atoms. The molecule has 3 rings (SSSR count). The van der Waals surface area contributed by atoms with Crippen molar-refractivity contribution in [2.24, 2.45) is 0 Å². The first-order valence-electron chi connectivity index (χ1n) is 6.70. The minimum atomic E-state index is 0.479. The van der Waals surface area contributed by atoms with Gasteiger partial charge in [0.1, 0.15) is 13.2 Å². The molecular formula is C14H20N2O3. The van der Waals surface area contributed by atoms with Crippen molar-refractivity contribution in [2.45, 2.75) is 19.0 Å². The van der Waals surface area contributed by atoms with E-state index in [4.69, 9.17) is 19.9 Å². The van der Waals surface area contributed by atoms with Gasteiger partial charge < -0.3 is 19.9 Å². The summed E-state index contributed by atoms with van der Waals surface area (Å²) < 4.78 is 16.5. The van der Waals surface area contributed by atoms with E-state index in [2.05, 4.69) is 11.9 Å². The number of hydrogen-bond acceptors (Lipinski definition) is 5. The Kier molecular flexibility index (Phi) is 3.48. The van der Waals surface area contributed by atoms with Crippen LogP contribution in [0.1, 0.15) is 12.0 Å². The van der Waals surface area contributed by atoms with E-state index in [9.17, 15) is 0 Å². The van der Waals surface area contributed by atoms with Gasteiger partial charge in [-0.1, -0.05) is 0 Å². The molecular weight excluding hydrogens is 244 g/mol. The summed E-state index contributed by atoms with van der Waals surface area (Å²) >= 11 is 0. The standard InChI is InChI=1S/C14H20N2O3/c1-16(11-2-3-17-9-11)8-10-6-13-14(7-12(10)15)19-5-4-18-13/h6-7,11H,2-5,8-9,15H2,1H3. The molecule has 0 aliphatic carbocycles. The number of rotatable bonds is 3. The van der Waals surface area contributed by atoms with E-state index in [1.165, 1.54) is 0 Å². The van der Waals surface area contributed by atoms with Gasteiger partial charge in [0.25, 0.3) is 0 Å². The van der Waals surface area contributed by atoms with Gasteiger partial charge in [-0.25, -0.2) is 0 Å². The third-order valence-corrected chi connectivity index (χ3v) is 3.75. The highest BCUT2D eigenvalue weighted by Gasteiger charge is 2.22. The van der Waals surface area contributed by atoms with Gasteiger partial charge in [0.2, 0.25) is 0 Å². The lowest BCUT2D eigenvalue weighted by Gasteiger charge is -2.25. The fraction of sp³-hybridized carbons (Fsp3) is 0.571. The molecule has 1 aromatic carbocycles. The van der Waals surface area contributed by atoms with Gasteiger partial charge in [-0.3, -0.25) is 4.90 Å². The second-order valence-corrected chi connectivity index (χ2v) is 5.13. The summed E-state index contributed by atoms with van der Waals surface area (Å²) in [5.41, 5.74) is 7.94. The van der Waals surface area contributed by atoms with Gasteiger partial charge in [-0.2, -0.15) is 0 Å². The summed E-state index contributed by atoms with van der Waals surface area (Å²) in [4.78, 5) is 2.29. The van der Waals surface area contributed by atoms with Crippen molar-refractivity contribution in [3.63, 3.8) is 0 Å². The summed E-state index contributed by atoms with van der Waals surface area (Å²) in [5.74, 6) is 1.55. The monoisotopic (exact) mass is 264 g/mol. The molecule has 2 aliphatic heterocycles. The number of fused-ring (bicyclic) bond motifs is 1. The zero-order valence-corrected chi connectivity index (χ0v) is 11.2. The zero-order valence-electron chi connectivity index (χ0n) is 11.2. The van der Waals surface area contributed by atoms with E-state index in [0.717, 1.165) is 48.9 Å². The maximum absolute atomic E-state index is 6.10. The number of benzene rings is 1. The van der Waals surface area contributed by atoms with E-state index < -0.39 is 0 Å². The molecule has 2 aliphatic rings.